The highest BCUT2D eigenvalue weighted by atomic mass is 35.5. The second-order valence-corrected chi connectivity index (χ2v) is 5.51. The number of H-pyrrole nitrogens is 1. The highest BCUT2D eigenvalue weighted by Gasteiger charge is 2.08. The number of halogens is 4. The molecule has 0 aliphatic carbocycles. The van der Waals surface area contributed by atoms with E-state index in [1.165, 1.54) is 12.1 Å². The minimum absolute atomic E-state index is 0.0416. The normalized spacial score (nSPS) is 10.8. The smallest absolute Gasteiger partial charge is 0.234 e. The first-order chi connectivity index (χ1) is 11.5. The Morgan fingerprint density at radius 2 is 1.75 bits per heavy atom. The summed E-state index contributed by atoms with van der Waals surface area (Å²) < 4.78 is 26.5. The fraction of sp³-hybridized carbons (Fsp3) is 0.143. The Hall–Kier alpha value is -2.32. The van der Waals surface area contributed by atoms with Crippen molar-refractivity contribution >= 4 is 35.0 Å². The quantitative estimate of drug-likeness (QED) is 0.715. The number of hydrogen-bond donors (Lipinski definition) is 2. The van der Waals surface area contributed by atoms with Crippen LogP contribution in [-0.4, -0.2) is 25.1 Å². The van der Waals surface area contributed by atoms with Crippen LogP contribution >= 0.6 is 23.2 Å². The lowest BCUT2D eigenvalue weighted by Gasteiger charge is -2.02. The number of rotatable bonds is 5. The zero-order valence-electron chi connectivity index (χ0n) is 12.0. The minimum Gasteiger partial charge on any atom is -0.307 e. The zero-order valence-corrected chi connectivity index (χ0v) is 13.5. The van der Waals surface area contributed by atoms with Gasteiger partial charge in [-0.05, 0) is 47.7 Å². The van der Waals surface area contributed by atoms with E-state index < -0.39 is 11.6 Å². The van der Waals surface area contributed by atoms with Gasteiger partial charge in [-0.25, -0.2) is 8.78 Å². The lowest BCUT2D eigenvalue weighted by Crippen LogP contribution is -1.99. The van der Waals surface area contributed by atoms with Crippen molar-refractivity contribution in [2.45, 2.75) is 12.8 Å². The molecule has 0 bridgehead atoms. The molecule has 6 nitrogen and oxygen atoms in total. The number of nitrogens with zero attached hydrogens (tertiary/aromatic N) is 4. The van der Waals surface area contributed by atoms with E-state index in [9.17, 15) is 8.78 Å². The van der Waals surface area contributed by atoms with Gasteiger partial charge in [-0.3, -0.25) is 5.10 Å². The van der Waals surface area contributed by atoms with Gasteiger partial charge in [0.2, 0.25) is 16.5 Å². The molecule has 0 radical (unpaired) electrons. The molecular weight excluding hydrogens is 361 g/mol. The molecule has 3 rings (SSSR count). The summed E-state index contributed by atoms with van der Waals surface area (Å²) in [5.41, 5.74) is 1.18. The number of aromatic nitrogens is 5. The first-order valence-corrected chi connectivity index (χ1v) is 7.57. The largest absolute Gasteiger partial charge is 0.307 e. The second kappa shape index (κ2) is 7.06. The summed E-state index contributed by atoms with van der Waals surface area (Å²) in [7, 11) is 0. The molecule has 0 saturated carbocycles. The first-order valence-electron chi connectivity index (χ1n) is 6.82. The number of hydrogen-bond acceptors (Lipinski definition) is 5. The first kappa shape index (κ1) is 16.5. The van der Waals surface area contributed by atoms with Crippen LogP contribution in [0.3, 0.4) is 0 Å². The van der Waals surface area contributed by atoms with Gasteiger partial charge in [0, 0.05) is 17.8 Å². The Morgan fingerprint density at radius 1 is 1.00 bits per heavy atom. The van der Waals surface area contributed by atoms with E-state index in [-0.39, 0.29) is 16.5 Å². The van der Waals surface area contributed by atoms with Crippen molar-refractivity contribution in [3.63, 3.8) is 0 Å². The van der Waals surface area contributed by atoms with Gasteiger partial charge in [0.1, 0.15) is 11.6 Å². The van der Waals surface area contributed by atoms with Crippen molar-refractivity contribution in [3.05, 3.63) is 57.7 Å². The third-order valence-electron chi connectivity index (χ3n) is 3.13. The molecule has 1 aromatic carbocycles. The molecule has 2 N–H and O–H groups in total. The summed E-state index contributed by atoms with van der Waals surface area (Å²) in [6, 6.07) is 5.23. The monoisotopic (exact) mass is 370 g/mol. The van der Waals surface area contributed by atoms with Crippen molar-refractivity contribution in [3.8, 4) is 0 Å². The Morgan fingerprint density at radius 3 is 2.46 bits per heavy atom. The van der Waals surface area contributed by atoms with E-state index in [0.29, 0.717) is 24.2 Å². The Bertz CT molecular complexity index is 850. The van der Waals surface area contributed by atoms with Crippen LogP contribution in [0.4, 0.5) is 20.5 Å². The molecule has 0 atom stereocenters. The average molecular weight is 371 g/mol. The van der Waals surface area contributed by atoms with Gasteiger partial charge in [-0.15, -0.1) is 0 Å². The maximum atomic E-state index is 13.6. The van der Waals surface area contributed by atoms with Crippen LogP contribution < -0.4 is 5.32 Å². The zero-order chi connectivity index (χ0) is 17.1. The topological polar surface area (TPSA) is 79.4 Å². The molecule has 2 heterocycles. The van der Waals surface area contributed by atoms with Gasteiger partial charge in [-0.2, -0.15) is 20.1 Å². The number of benzene rings is 1. The summed E-state index contributed by atoms with van der Waals surface area (Å²) >= 11 is 11.4. The Kier molecular flexibility index (Phi) is 4.86. The number of aromatic amines is 1. The molecule has 0 saturated heterocycles. The molecule has 0 amide bonds. The van der Waals surface area contributed by atoms with Gasteiger partial charge in [0.25, 0.3) is 0 Å². The van der Waals surface area contributed by atoms with Gasteiger partial charge in [0.05, 0.1) is 0 Å². The van der Waals surface area contributed by atoms with Crippen molar-refractivity contribution in [1.29, 1.82) is 0 Å². The average Bonchev–Trinajstić information content (AvgIpc) is 2.92. The van der Waals surface area contributed by atoms with Crippen LogP contribution in [-0.2, 0) is 12.8 Å². The van der Waals surface area contributed by atoms with E-state index in [4.69, 9.17) is 23.2 Å². The van der Waals surface area contributed by atoms with Crippen molar-refractivity contribution in [2.24, 2.45) is 0 Å². The maximum absolute atomic E-state index is 13.6. The van der Waals surface area contributed by atoms with Crippen LogP contribution in [0.5, 0.6) is 0 Å². The lowest BCUT2D eigenvalue weighted by atomic mass is 10.1. The predicted octanol–water partition coefficient (Wildman–Crippen LogP) is 3.71. The third-order valence-corrected chi connectivity index (χ3v) is 3.47. The second-order valence-electron chi connectivity index (χ2n) is 4.84. The van der Waals surface area contributed by atoms with Gasteiger partial charge < -0.3 is 5.32 Å². The van der Waals surface area contributed by atoms with Crippen molar-refractivity contribution < 1.29 is 8.78 Å². The summed E-state index contributed by atoms with van der Waals surface area (Å²) in [6.45, 7) is 0. The van der Waals surface area contributed by atoms with Gasteiger partial charge in [-0.1, -0.05) is 6.07 Å². The molecule has 0 aliphatic heterocycles. The minimum atomic E-state index is -0.598. The summed E-state index contributed by atoms with van der Waals surface area (Å²) in [5, 5.41) is 9.60. The molecule has 10 heteroatoms. The number of anilines is 2. The van der Waals surface area contributed by atoms with Crippen LogP contribution in [0.25, 0.3) is 0 Å². The standard InChI is InChI=1S/C14H10Cl2F2N6/c15-12-20-13(16)22-14(21-12)19-11-6-9(23-24-11)4-2-7-1-3-8(17)5-10(7)18/h1,3,5-6H,2,4H2,(H2,19,20,21,22,23,24). The molecular formula is C14H10Cl2F2N6. The Balaban J connectivity index is 1.65. The molecule has 0 aliphatic rings. The van der Waals surface area contributed by atoms with Crippen molar-refractivity contribution in [2.75, 3.05) is 5.32 Å². The van der Waals surface area contributed by atoms with E-state index in [2.05, 4.69) is 30.5 Å². The SMILES string of the molecule is Fc1ccc(CCc2cc(Nc3nc(Cl)nc(Cl)n3)n[nH]2)c(F)c1. The van der Waals surface area contributed by atoms with Crippen LogP contribution in [0.2, 0.25) is 10.6 Å². The van der Waals surface area contributed by atoms with E-state index in [1.807, 2.05) is 0 Å². The summed E-state index contributed by atoms with van der Waals surface area (Å²) in [5.74, 6) is -0.563. The maximum Gasteiger partial charge on any atom is 0.234 e. The molecule has 124 valence electrons. The van der Waals surface area contributed by atoms with Crippen LogP contribution in [0, 0.1) is 11.6 Å². The fourth-order valence-corrected chi connectivity index (χ4v) is 2.41. The fourth-order valence-electron chi connectivity index (χ4n) is 2.04. The van der Waals surface area contributed by atoms with Crippen molar-refractivity contribution in [1.82, 2.24) is 25.1 Å². The Labute approximate surface area is 145 Å². The molecule has 0 fully saturated rings. The lowest BCUT2D eigenvalue weighted by molar-refractivity contribution is 0.571. The highest BCUT2D eigenvalue weighted by molar-refractivity contribution is 6.31. The van der Waals surface area contributed by atoms with Crippen LogP contribution in [0.15, 0.2) is 24.3 Å². The molecule has 0 spiro atoms. The summed E-state index contributed by atoms with van der Waals surface area (Å²) in [6.07, 6.45) is 0.896. The van der Waals surface area contributed by atoms with E-state index in [1.54, 1.807) is 6.07 Å². The highest BCUT2D eigenvalue weighted by Crippen LogP contribution is 2.17. The molecule has 0 unspecified atom stereocenters. The van der Waals surface area contributed by atoms with E-state index in [0.717, 1.165) is 11.8 Å². The third kappa shape index (κ3) is 4.15. The van der Waals surface area contributed by atoms with Gasteiger partial charge >= 0.3 is 0 Å². The molecule has 24 heavy (non-hydrogen) atoms. The predicted molar refractivity (Wildman–Crippen MR) is 85.5 cm³/mol. The van der Waals surface area contributed by atoms with Crippen LogP contribution in [0.1, 0.15) is 11.3 Å². The number of aryl methyl sites for hydroxylation is 2. The molecule has 3 aromatic rings. The molecule has 2 aromatic heterocycles. The van der Waals surface area contributed by atoms with E-state index >= 15 is 0 Å². The summed E-state index contributed by atoms with van der Waals surface area (Å²) in [4.78, 5) is 11.4. The number of nitrogens with one attached hydrogen (secondary N) is 2. The van der Waals surface area contributed by atoms with Gasteiger partial charge in [0.15, 0.2) is 5.82 Å².